The van der Waals surface area contributed by atoms with Gasteiger partial charge in [-0.05, 0) is 13.3 Å². The zero-order valence-corrected chi connectivity index (χ0v) is 41.0. The maximum atomic E-state index is 13.3. The molecule has 0 radical (unpaired) electrons. The van der Waals surface area contributed by atoms with Crippen molar-refractivity contribution in [2.45, 2.75) is 234 Å². The molecular weight excluding hydrogens is 929 g/mol. The summed E-state index contributed by atoms with van der Waals surface area (Å²) in [5.41, 5.74) is 0. The molecule has 0 bridgehead atoms. The van der Waals surface area contributed by atoms with E-state index < -0.39 is 160 Å². The number of carboxylic acids is 1. The monoisotopic (exact) mass is 1010 g/mol. The molecule has 408 valence electrons. The molecule has 0 aliphatic carbocycles. The van der Waals surface area contributed by atoms with E-state index in [-0.39, 0.29) is 5.91 Å². The van der Waals surface area contributed by atoms with E-state index in [4.69, 9.17) is 28.4 Å². The highest BCUT2D eigenvalue weighted by molar-refractivity contribution is 5.78. The SMILES string of the molecule is C/C=C/C(O)C(CO[C@@H]1O[C@H](CO)[C@@H](O[C@@H]2O[C@H](CO)[C@H](O)[C@H](O[C@]3(C(=O)O)C[C@H](O)[C@@H](NC(C)=O)C([C@H](O)[C@H](O)CO)O3)[C@H]2O)[C@H](O)[C@H]1O)NC(=O)C(C)CCCCCCCCCCCCCCC. The van der Waals surface area contributed by atoms with E-state index in [0.717, 1.165) is 32.6 Å². The molecule has 3 aliphatic rings. The van der Waals surface area contributed by atoms with E-state index in [9.17, 15) is 75.7 Å². The van der Waals surface area contributed by atoms with E-state index >= 15 is 0 Å². The molecule has 23 heteroatoms. The number of rotatable bonds is 32. The number of aliphatic hydroxyl groups excluding tert-OH is 11. The first-order valence-corrected chi connectivity index (χ1v) is 24.9. The molecule has 3 aliphatic heterocycles. The molecule has 3 saturated heterocycles. The largest absolute Gasteiger partial charge is 0.477 e. The average molecular weight is 1010 g/mol. The van der Waals surface area contributed by atoms with Crippen molar-refractivity contribution in [3.05, 3.63) is 12.2 Å². The second-order valence-corrected chi connectivity index (χ2v) is 18.9. The summed E-state index contributed by atoms with van der Waals surface area (Å²) in [5, 5.41) is 134. The van der Waals surface area contributed by atoms with E-state index in [2.05, 4.69) is 17.6 Å². The van der Waals surface area contributed by atoms with Crippen molar-refractivity contribution < 1.29 is 104 Å². The van der Waals surface area contributed by atoms with Crippen molar-refractivity contribution >= 4 is 17.8 Å². The standard InChI is InChI=1S/C47H84N2O21/c1-5-7-8-9-10-11-12-13-14-15-16-17-18-20-26(3)43(62)49-28(29(54)19-6-2)25-65-44-38(60)37(59)40(33(24-52)67-44)68-45-39(61)42(36(58)32(23-51)66-45)70-47(46(63)64)21-30(55)34(48-27(4)53)41(69-47)35(57)31(56)22-50/h6,19,26,28-42,44-45,50-52,54-61H,5,7-18,20-25H2,1-4H3,(H,48,53)(H,49,62)(H,63,64)/b19-6+/t26?,28?,29?,30-,31+,32+,33+,34+,35+,36-,37+,38+,39+,40+,41?,42-,44+,45-,47-/m0/s1. The minimum absolute atomic E-state index is 0.338. The van der Waals surface area contributed by atoms with Gasteiger partial charge in [-0.1, -0.05) is 109 Å². The number of carboxylic acid groups (broad SMARTS) is 1. The third-order valence-corrected chi connectivity index (χ3v) is 13.2. The van der Waals surface area contributed by atoms with Gasteiger partial charge in [0.15, 0.2) is 12.6 Å². The third kappa shape index (κ3) is 17.8. The minimum Gasteiger partial charge on any atom is -0.477 e. The summed E-state index contributed by atoms with van der Waals surface area (Å²) < 4.78 is 34.2. The predicted molar refractivity (Wildman–Crippen MR) is 246 cm³/mol. The Balaban J connectivity index is 1.65. The van der Waals surface area contributed by atoms with Gasteiger partial charge in [0, 0.05) is 19.3 Å². The second kappa shape index (κ2) is 31.3. The average Bonchev–Trinajstić information content (AvgIpc) is 3.33. The molecule has 0 aromatic carbocycles. The first-order valence-electron chi connectivity index (χ1n) is 24.9. The van der Waals surface area contributed by atoms with Crippen molar-refractivity contribution in [3.8, 4) is 0 Å². The lowest BCUT2D eigenvalue weighted by atomic mass is 9.88. The summed E-state index contributed by atoms with van der Waals surface area (Å²) >= 11 is 0. The molecule has 3 heterocycles. The molecule has 0 spiro atoms. The van der Waals surface area contributed by atoms with Crippen molar-refractivity contribution in [2.24, 2.45) is 5.92 Å². The highest BCUT2D eigenvalue weighted by atomic mass is 16.8. The Morgan fingerprint density at radius 3 is 1.87 bits per heavy atom. The van der Waals surface area contributed by atoms with Crippen LogP contribution in [0, 0.1) is 5.92 Å². The van der Waals surface area contributed by atoms with Crippen LogP contribution in [0.5, 0.6) is 0 Å². The van der Waals surface area contributed by atoms with Crippen LogP contribution in [0.15, 0.2) is 12.2 Å². The van der Waals surface area contributed by atoms with Crippen molar-refractivity contribution in [1.82, 2.24) is 10.6 Å². The molecular formula is C47H84N2O21. The molecule has 0 aromatic heterocycles. The molecule has 4 unspecified atom stereocenters. The molecule has 0 aromatic rings. The van der Waals surface area contributed by atoms with Crippen molar-refractivity contribution in [2.75, 3.05) is 26.4 Å². The van der Waals surface area contributed by atoms with Crippen LogP contribution < -0.4 is 10.6 Å². The summed E-state index contributed by atoms with van der Waals surface area (Å²) in [6, 6.07) is -2.62. The number of ether oxygens (including phenoxy) is 6. The second-order valence-electron chi connectivity index (χ2n) is 18.9. The third-order valence-electron chi connectivity index (χ3n) is 13.2. The first-order chi connectivity index (χ1) is 33.3. The smallest absolute Gasteiger partial charge is 0.364 e. The Hall–Kier alpha value is -2.53. The molecule has 19 atom stereocenters. The fourth-order valence-electron chi connectivity index (χ4n) is 8.97. The Bertz CT molecular complexity index is 1550. The lowest BCUT2D eigenvalue weighted by Crippen LogP contribution is -2.70. The fraction of sp³-hybridized carbons (Fsp3) is 0.894. The Morgan fingerprint density at radius 1 is 0.771 bits per heavy atom. The maximum absolute atomic E-state index is 13.3. The Kier molecular flexibility index (Phi) is 27.6. The fourth-order valence-corrected chi connectivity index (χ4v) is 8.97. The predicted octanol–water partition coefficient (Wildman–Crippen LogP) is -1.66. The van der Waals surface area contributed by atoms with E-state index in [0.29, 0.717) is 6.42 Å². The van der Waals surface area contributed by atoms with Crippen LogP contribution in [0.1, 0.15) is 124 Å². The van der Waals surface area contributed by atoms with Gasteiger partial charge < -0.3 is 100 Å². The number of hydrogen-bond donors (Lipinski definition) is 14. The number of aliphatic hydroxyl groups is 11. The van der Waals surface area contributed by atoms with Crippen LogP contribution in [0.4, 0.5) is 0 Å². The van der Waals surface area contributed by atoms with Gasteiger partial charge in [0.1, 0.15) is 67.1 Å². The minimum atomic E-state index is -3.08. The summed E-state index contributed by atoms with van der Waals surface area (Å²) in [5.74, 6) is -6.56. The topological polar surface area (TPSA) is 373 Å². The van der Waals surface area contributed by atoms with Crippen LogP contribution in [0.3, 0.4) is 0 Å². The van der Waals surface area contributed by atoms with Crippen LogP contribution in [-0.4, -0.2) is 215 Å². The number of nitrogens with one attached hydrogen (secondary N) is 2. The molecule has 2 amide bonds. The molecule has 3 fully saturated rings. The number of carbonyl (C=O) groups excluding carboxylic acids is 2. The normalized spacial score (nSPS) is 33.8. The van der Waals surface area contributed by atoms with E-state index in [1.807, 2.05) is 0 Å². The molecule has 0 saturated carbocycles. The van der Waals surface area contributed by atoms with Gasteiger partial charge in [0.2, 0.25) is 11.8 Å². The highest BCUT2D eigenvalue weighted by Gasteiger charge is 2.60. The zero-order chi connectivity index (χ0) is 52.1. The number of carbonyl (C=O) groups is 3. The van der Waals surface area contributed by atoms with Gasteiger partial charge in [-0.25, -0.2) is 4.79 Å². The lowest BCUT2D eigenvalue weighted by Gasteiger charge is -2.50. The molecule has 70 heavy (non-hydrogen) atoms. The van der Waals surface area contributed by atoms with Gasteiger partial charge in [-0.3, -0.25) is 9.59 Å². The van der Waals surface area contributed by atoms with E-state index in [1.165, 1.54) is 63.9 Å². The van der Waals surface area contributed by atoms with Gasteiger partial charge in [-0.2, -0.15) is 0 Å². The van der Waals surface area contributed by atoms with Crippen molar-refractivity contribution in [3.63, 3.8) is 0 Å². The van der Waals surface area contributed by atoms with Crippen LogP contribution >= 0.6 is 0 Å². The van der Waals surface area contributed by atoms with Gasteiger partial charge in [-0.15, -0.1) is 0 Å². The summed E-state index contributed by atoms with van der Waals surface area (Å²) in [4.78, 5) is 38.1. The number of hydrogen-bond acceptors (Lipinski definition) is 20. The van der Waals surface area contributed by atoms with Crippen LogP contribution in [0.2, 0.25) is 0 Å². The number of allylic oxidation sites excluding steroid dienone is 1. The van der Waals surface area contributed by atoms with Gasteiger partial charge in [0.25, 0.3) is 5.79 Å². The quantitative estimate of drug-likeness (QED) is 0.0265. The molecule has 14 N–H and O–H groups in total. The van der Waals surface area contributed by atoms with Gasteiger partial charge >= 0.3 is 5.97 Å². The van der Waals surface area contributed by atoms with Crippen LogP contribution in [-0.2, 0) is 42.8 Å². The summed E-state index contributed by atoms with van der Waals surface area (Å²) in [6.45, 7) is 3.29. The summed E-state index contributed by atoms with van der Waals surface area (Å²) in [6.07, 6.45) is -10.3. The highest BCUT2D eigenvalue weighted by Crippen LogP contribution is 2.38. The van der Waals surface area contributed by atoms with Gasteiger partial charge in [0.05, 0.1) is 50.7 Å². The first kappa shape index (κ1) is 61.8. The number of amides is 2. The number of aliphatic carboxylic acids is 1. The van der Waals surface area contributed by atoms with Crippen LogP contribution in [0.25, 0.3) is 0 Å². The Morgan fingerprint density at radius 2 is 1.34 bits per heavy atom. The molecule has 23 nitrogen and oxygen atoms in total. The number of unbranched alkanes of at least 4 members (excludes halogenated alkanes) is 12. The lowest BCUT2D eigenvalue weighted by molar-refractivity contribution is -0.386. The zero-order valence-electron chi connectivity index (χ0n) is 41.0. The Labute approximate surface area is 410 Å². The summed E-state index contributed by atoms with van der Waals surface area (Å²) in [7, 11) is 0. The van der Waals surface area contributed by atoms with Crippen molar-refractivity contribution in [1.29, 1.82) is 0 Å². The maximum Gasteiger partial charge on any atom is 0.364 e. The van der Waals surface area contributed by atoms with E-state index in [1.54, 1.807) is 19.9 Å². The molecule has 3 rings (SSSR count).